The van der Waals surface area contributed by atoms with Gasteiger partial charge in [0.2, 0.25) is 5.91 Å². The highest BCUT2D eigenvalue weighted by atomic mass is 32.2. The normalized spacial score (nSPS) is 19.6. The summed E-state index contributed by atoms with van der Waals surface area (Å²) in [5.41, 5.74) is 1.19. The summed E-state index contributed by atoms with van der Waals surface area (Å²) in [4.78, 5) is 34.5. The van der Waals surface area contributed by atoms with Crippen molar-refractivity contribution in [3.05, 3.63) is 33.4 Å². The van der Waals surface area contributed by atoms with Gasteiger partial charge in [-0.3, -0.25) is 14.2 Å². The van der Waals surface area contributed by atoms with Crippen LogP contribution in [0.4, 0.5) is 0 Å². The van der Waals surface area contributed by atoms with Gasteiger partial charge in [0.25, 0.3) is 5.56 Å². The van der Waals surface area contributed by atoms with Crippen molar-refractivity contribution in [1.82, 2.24) is 14.5 Å². The van der Waals surface area contributed by atoms with E-state index in [1.807, 2.05) is 4.90 Å². The number of hydrogen-bond donors (Lipinski definition) is 0. The quantitative estimate of drug-likeness (QED) is 0.424. The molecule has 1 saturated heterocycles. The molecular weight excluding hydrogens is 394 g/mol. The molecule has 3 heterocycles. The van der Waals surface area contributed by atoms with Gasteiger partial charge in [-0.05, 0) is 30.7 Å². The Balaban J connectivity index is 1.65. The average molecular weight is 420 g/mol. The molecule has 1 fully saturated rings. The summed E-state index contributed by atoms with van der Waals surface area (Å²) in [6.45, 7) is 8.87. The van der Waals surface area contributed by atoms with Gasteiger partial charge in [-0.15, -0.1) is 17.9 Å². The van der Waals surface area contributed by atoms with Crippen LogP contribution in [0.2, 0.25) is 0 Å². The molecule has 1 unspecified atom stereocenters. The summed E-state index contributed by atoms with van der Waals surface area (Å²) >= 11 is 2.99. The maximum absolute atomic E-state index is 13.3. The smallest absolute Gasteiger partial charge is 0.263 e. The zero-order chi connectivity index (χ0) is 19.7. The predicted molar refractivity (Wildman–Crippen MR) is 113 cm³/mol. The van der Waals surface area contributed by atoms with E-state index in [-0.39, 0.29) is 17.2 Å². The molecule has 28 heavy (non-hydrogen) atoms. The Morgan fingerprint density at radius 3 is 2.96 bits per heavy atom. The largest absolute Gasteiger partial charge is 0.378 e. The van der Waals surface area contributed by atoms with Crippen molar-refractivity contribution in [2.75, 3.05) is 32.1 Å². The van der Waals surface area contributed by atoms with E-state index in [1.165, 1.54) is 22.2 Å². The van der Waals surface area contributed by atoms with Crippen molar-refractivity contribution >= 4 is 39.2 Å². The van der Waals surface area contributed by atoms with Gasteiger partial charge in [-0.25, -0.2) is 4.98 Å². The molecule has 0 radical (unpaired) electrons. The second kappa shape index (κ2) is 8.39. The minimum Gasteiger partial charge on any atom is -0.378 e. The molecule has 2 aliphatic rings. The average Bonchev–Trinajstić information content (AvgIpc) is 3.06. The minimum absolute atomic E-state index is 0.00160. The van der Waals surface area contributed by atoms with Gasteiger partial charge in [-0.2, -0.15) is 0 Å². The highest BCUT2D eigenvalue weighted by Gasteiger charge is 2.25. The number of aryl methyl sites for hydroxylation is 1. The second-order valence-electron chi connectivity index (χ2n) is 7.41. The van der Waals surface area contributed by atoms with E-state index in [9.17, 15) is 9.59 Å². The standard InChI is InChI=1S/C20H25N3O3S2/c1-3-6-23-19(25)17-14-5-4-13(2)11-15(14)28-18(17)21-20(23)27-12-16(24)22-7-9-26-10-8-22/h3,13H,1,4-12H2,2H3. The first-order valence-corrected chi connectivity index (χ1v) is 11.5. The molecule has 2 aromatic rings. The summed E-state index contributed by atoms with van der Waals surface area (Å²) in [5.74, 6) is 0.986. The number of carbonyl (C=O) groups excluding carboxylic acids is 1. The number of thioether (sulfide) groups is 1. The van der Waals surface area contributed by atoms with Gasteiger partial charge in [-0.1, -0.05) is 24.8 Å². The Labute approximate surface area is 172 Å². The predicted octanol–water partition coefficient (Wildman–Crippen LogP) is 2.72. The number of fused-ring (bicyclic) bond motifs is 3. The van der Waals surface area contributed by atoms with E-state index in [0.717, 1.165) is 29.5 Å². The second-order valence-corrected chi connectivity index (χ2v) is 9.44. The van der Waals surface area contributed by atoms with Crippen LogP contribution < -0.4 is 5.56 Å². The van der Waals surface area contributed by atoms with Crippen molar-refractivity contribution in [3.8, 4) is 0 Å². The Kier molecular flexibility index (Phi) is 5.89. The number of amides is 1. The van der Waals surface area contributed by atoms with E-state index in [2.05, 4.69) is 13.5 Å². The first-order chi connectivity index (χ1) is 13.6. The van der Waals surface area contributed by atoms with Crippen LogP contribution in [0.5, 0.6) is 0 Å². The molecule has 1 aliphatic heterocycles. The van der Waals surface area contributed by atoms with Crippen molar-refractivity contribution in [3.63, 3.8) is 0 Å². The summed E-state index contributed by atoms with van der Waals surface area (Å²) in [7, 11) is 0. The molecule has 0 saturated carbocycles. The SMILES string of the molecule is C=CCn1c(SCC(=O)N2CCOCC2)nc2sc3c(c2c1=O)CCC(C)C3. The van der Waals surface area contributed by atoms with Crippen LogP contribution >= 0.6 is 23.1 Å². The Hall–Kier alpha value is -1.64. The molecule has 0 aromatic carbocycles. The van der Waals surface area contributed by atoms with Gasteiger partial charge in [0.15, 0.2) is 5.16 Å². The number of morpholine rings is 1. The van der Waals surface area contributed by atoms with E-state index in [0.29, 0.717) is 43.9 Å². The first kappa shape index (κ1) is 19.7. The Morgan fingerprint density at radius 2 is 2.21 bits per heavy atom. The zero-order valence-corrected chi connectivity index (χ0v) is 17.7. The Morgan fingerprint density at radius 1 is 1.43 bits per heavy atom. The molecule has 1 atom stereocenters. The summed E-state index contributed by atoms with van der Waals surface area (Å²) in [6.07, 6.45) is 4.80. The fourth-order valence-corrected chi connectivity index (χ4v) is 6.17. The third-order valence-electron chi connectivity index (χ3n) is 5.38. The minimum atomic E-state index is -0.00160. The molecule has 1 amide bonds. The van der Waals surface area contributed by atoms with Crippen LogP contribution in [0.3, 0.4) is 0 Å². The molecule has 0 spiro atoms. The summed E-state index contributed by atoms with van der Waals surface area (Å²) in [5, 5.41) is 1.38. The van der Waals surface area contributed by atoms with Crippen molar-refractivity contribution in [2.24, 2.45) is 5.92 Å². The van der Waals surface area contributed by atoms with E-state index in [4.69, 9.17) is 9.72 Å². The van der Waals surface area contributed by atoms with Crippen LogP contribution in [0, 0.1) is 5.92 Å². The van der Waals surface area contributed by atoms with E-state index >= 15 is 0 Å². The molecule has 6 nitrogen and oxygen atoms in total. The zero-order valence-electron chi connectivity index (χ0n) is 16.1. The van der Waals surface area contributed by atoms with Crippen LogP contribution in [0.1, 0.15) is 23.8 Å². The van der Waals surface area contributed by atoms with Crippen LogP contribution in [-0.2, 0) is 28.9 Å². The van der Waals surface area contributed by atoms with E-state index in [1.54, 1.807) is 22.0 Å². The monoisotopic (exact) mass is 419 g/mol. The number of rotatable bonds is 5. The fraction of sp³-hybridized carbons (Fsp3) is 0.550. The van der Waals surface area contributed by atoms with Crippen LogP contribution in [0.25, 0.3) is 10.2 Å². The molecule has 8 heteroatoms. The van der Waals surface area contributed by atoms with Gasteiger partial charge in [0.1, 0.15) is 4.83 Å². The third-order valence-corrected chi connectivity index (χ3v) is 7.49. The lowest BCUT2D eigenvalue weighted by Gasteiger charge is -2.26. The lowest BCUT2D eigenvalue weighted by atomic mass is 9.89. The third kappa shape index (κ3) is 3.77. The number of carbonyl (C=O) groups is 1. The maximum atomic E-state index is 13.3. The topological polar surface area (TPSA) is 64.4 Å². The lowest BCUT2D eigenvalue weighted by Crippen LogP contribution is -2.41. The fourth-order valence-electron chi connectivity index (χ4n) is 3.84. The van der Waals surface area contributed by atoms with Gasteiger partial charge < -0.3 is 9.64 Å². The first-order valence-electron chi connectivity index (χ1n) is 9.72. The van der Waals surface area contributed by atoms with Crippen LogP contribution in [-0.4, -0.2) is 52.4 Å². The van der Waals surface area contributed by atoms with Crippen molar-refractivity contribution in [1.29, 1.82) is 0 Å². The molecule has 150 valence electrons. The molecule has 2 aromatic heterocycles. The van der Waals surface area contributed by atoms with E-state index < -0.39 is 0 Å². The maximum Gasteiger partial charge on any atom is 0.263 e. The van der Waals surface area contributed by atoms with Crippen molar-refractivity contribution < 1.29 is 9.53 Å². The molecule has 4 rings (SSSR count). The van der Waals surface area contributed by atoms with Crippen molar-refractivity contribution in [2.45, 2.75) is 37.9 Å². The number of ether oxygens (including phenoxy) is 1. The van der Waals surface area contributed by atoms with Crippen LogP contribution in [0.15, 0.2) is 22.6 Å². The summed E-state index contributed by atoms with van der Waals surface area (Å²) in [6, 6.07) is 0. The number of aromatic nitrogens is 2. The molecule has 1 aliphatic carbocycles. The summed E-state index contributed by atoms with van der Waals surface area (Å²) < 4.78 is 6.97. The highest BCUT2D eigenvalue weighted by Crippen LogP contribution is 2.36. The lowest BCUT2D eigenvalue weighted by molar-refractivity contribution is -0.132. The highest BCUT2D eigenvalue weighted by molar-refractivity contribution is 7.99. The molecule has 0 bridgehead atoms. The van der Waals surface area contributed by atoms with Gasteiger partial charge in [0.05, 0.1) is 24.4 Å². The number of nitrogens with zero attached hydrogens (tertiary/aromatic N) is 3. The van der Waals surface area contributed by atoms with Gasteiger partial charge in [0, 0.05) is 24.5 Å². The Bertz CT molecular complexity index is 960. The van der Waals surface area contributed by atoms with Gasteiger partial charge >= 0.3 is 0 Å². The number of allylic oxidation sites excluding steroid dienone is 1. The molecular formula is C20H25N3O3S2. The number of thiophene rings is 1. The molecule has 0 N–H and O–H groups in total. The number of hydrogen-bond acceptors (Lipinski definition) is 6.